The van der Waals surface area contributed by atoms with E-state index in [1.165, 1.54) is 6.42 Å². The van der Waals surface area contributed by atoms with Gasteiger partial charge in [-0.05, 0) is 61.7 Å². The predicted molar refractivity (Wildman–Crippen MR) is 119 cm³/mol. The molecule has 7 nitrogen and oxygen atoms in total. The normalized spacial score (nSPS) is 13.8. The van der Waals surface area contributed by atoms with Crippen LogP contribution >= 0.6 is 0 Å². The molecule has 7 heteroatoms. The number of hydrazine groups is 1. The lowest BCUT2D eigenvalue weighted by molar-refractivity contribution is -0.120. The quantitative estimate of drug-likeness (QED) is 0.585. The van der Waals surface area contributed by atoms with Gasteiger partial charge in [-0.25, -0.2) is 0 Å². The molecule has 3 amide bonds. The Balaban J connectivity index is 1.50. The van der Waals surface area contributed by atoms with E-state index in [-0.39, 0.29) is 11.8 Å². The minimum absolute atomic E-state index is 0.0364. The highest BCUT2D eigenvalue weighted by molar-refractivity contribution is 5.99. The molecule has 0 aliphatic heterocycles. The molecule has 0 spiro atoms. The maximum atomic E-state index is 12.3. The average Bonchev–Trinajstić information content (AvgIpc) is 2.82. The molecular formula is C24H29N3O4. The van der Waals surface area contributed by atoms with E-state index in [4.69, 9.17) is 4.74 Å². The first-order valence-corrected chi connectivity index (χ1v) is 10.8. The van der Waals surface area contributed by atoms with Crippen LogP contribution in [0.4, 0.5) is 5.69 Å². The van der Waals surface area contributed by atoms with Crippen molar-refractivity contribution >= 4 is 23.4 Å². The van der Waals surface area contributed by atoms with Crippen LogP contribution in [0.2, 0.25) is 0 Å². The summed E-state index contributed by atoms with van der Waals surface area (Å²) in [5, 5.41) is 2.92. The van der Waals surface area contributed by atoms with Crippen molar-refractivity contribution in [3.8, 4) is 5.75 Å². The van der Waals surface area contributed by atoms with Crippen LogP contribution in [0, 0.1) is 5.92 Å². The van der Waals surface area contributed by atoms with Gasteiger partial charge in [0.25, 0.3) is 11.8 Å². The Morgan fingerprint density at radius 2 is 1.58 bits per heavy atom. The van der Waals surface area contributed by atoms with Crippen LogP contribution in [-0.2, 0) is 4.79 Å². The molecule has 1 fully saturated rings. The number of hydrogen-bond donors (Lipinski definition) is 3. The van der Waals surface area contributed by atoms with E-state index in [9.17, 15) is 14.4 Å². The second kappa shape index (κ2) is 11.2. The van der Waals surface area contributed by atoms with Crippen molar-refractivity contribution in [2.24, 2.45) is 5.92 Å². The van der Waals surface area contributed by atoms with Crippen molar-refractivity contribution in [2.75, 3.05) is 11.9 Å². The highest BCUT2D eigenvalue weighted by atomic mass is 16.5. The molecule has 1 aliphatic carbocycles. The third kappa shape index (κ3) is 6.57. The van der Waals surface area contributed by atoms with Crippen LogP contribution in [0.1, 0.15) is 66.2 Å². The van der Waals surface area contributed by atoms with E-state index in [0.717, 1.165) is 32.1 Å². The van der Waals surface area contributed by atoms with E-state index in [0.29, 0.717) is 29.2 Å². The third-order valence-corrected chi connectivity index (χ3v) is 5.25. The molecule has 31 heavy (non-hydrogen) atoms. The first-order chi connectivity index (χ1) is 15.1. The molecule has 0 unspecified atom stereocenters. The van der Waals surface area contributed by atoms with Crippen molar-refractivity contribution in [2.45, 2.75) is 45.4 Å². The topological polar surface area (TPSA) is 96.5 Å². The van der Waals surface area contributed by atoms with Gasteiger partial charge in [0.1, 0.15) is 5.75 Å². The molecular weight excluding hydrogens is 394 g/mol. The Bertz CT molecular complexity index is 905. The lowest BCUT2D eigenvalue weighted by Crippen LogP contribution is -2.41. The monoisotopic (exact) mass is 423 g/mol. The van der Waals surface area contributed by atoms with E-state index >= 15 is 0 Å². The maximum absolute atomic E-state index is 12.3. The number of carbonyl (C=O) groups excluding carboxylic acids is 3. The first-order valence-electron chi connectivity index (χ1n) is 10.8. The number of carbonyl (C=O) groups is 3. The van der Waals surface area contributed by atoms with Crippen molar-refractivity contribution in [1.82, 2.24) is 10.9 Å². The fraction of sp³-hybridized carbons (Fsp3) is 0.375. The lowest BCUT2D eigenvalue weighted by atomic mass is 9.88. The van der Waals surface area contributed by atoms with E-state index < -0.39 is 11.8 Å². The summed E-state index contributed by atoms with van der Waals surface area (Å²) < 4.78 is 5.52. The highest BCUT2D eigenvalue weighted by Gasteiger charge is 2.21. The van der Waals surface area contributed by atoms with Gasteiger partial charge >= 0.3 is 0 Å². The zero-order valence-electron chi connectivity index (χ0n) is 17.8. The first kappa shape index (κ1) is 22.3. The molecule has 2 aromatic rings. The molecule has 1 saturated carbocycles. The summed E-state index contributed by atoms with van der Waals surface area (Å²) in [5.41, 5.74) is 6.22. The zero-order valence-corrected chi connectivity index (χ0v) is 17.8. The van der Waals surface area contributed by atoms with E-state index in [1.807, 2.05) is 6.92 Å². The van der Waals surface area contributed by atoms with Gasteiger partial charge in [0.2, 0.25) is 5.91 Å². The molecule has 0 heterocycles. The Morgan fingerprint density at radius 3 is 2.26 bits per heavy atom. The number of benzene rings is 2. The fourth-order valence-corrected chi connectivity index (χ4v) is 3.52. The van der Waals surface area contributed by atoms with E-state index in [1.54, 1.807) is 48.5 Å². The smallest absolute Gasteiger partial charge is 0.269 e. The van der Waals surface area contributed by atoms with Gasteiger partial charge in [0.15, 0.2) is 0 Å². The largest absolute Gasteiger partial charge is 0.494 e. The number of hydrogen-bond acceptors (Lipinski definition) is 4. The van der Waals surface area contributed by atoms with Gasteiger partial charge in [-0.15, -0.1) is 0 Å². The van der Waals surface area contributed by atoms with Crippen LogP contribution in [0.15, 0.2) is 48.5 Å². The number of amides is 3. The minimum Gasteiger partial charge on any atom is -0.494 e. The molecule has 0 saturated heterocycles. The standard InChI is InChI=1S/C24H29N3O4/c1-2-15-31-21-10-6-9-19(16-21)24(30)27-26-23(29)18-11-13-20(14-12-18)25-22(28)17-7-4-3-5-8-17/h6,9-14,16-17H,2-5,7-8,15H2,1H3,(H,25,28)(H,26,29)(H,27,30). The lowest BCUT2D eigenvalue weighted by Gasteiger charge is -2.20. The molecule has 2 aromatic carbocycles. The van der Waals surface area contributed by atoms with Gasteiger partial charge < -0.3 is 10.1 Å². The number of ether oxygens (including phenoxy) is 1. The Morgan fingerprint density at radius 1 is 0.903 bits per heavy atom. The van der Waals surface area contributed by atoms with E-state index in [2.05, 4.69) is 16.2 Å². The summed E-state index contributed by atoms with van der Waals surface area (Å²) >= 11 is 0. The fourth-order valence-electron chi connectivity index (χ4n) is 3.52. The third-order valence-electron chi connectivity index (χ3n) is 5.25. The number of rotatable bonds is 7. The summed E-state index contributed by atoms with van der Waals surface area (Å²) in [6, 6.07) is 13.4. The highest BCUT2D eigenvalue weighted by Crippen LogP contribution is 2.25. The Hall–Kier alpha value is -3.35. The van der Waals surface area contributed by atoms with Crippen LogP contribution in [0.5, 0.6) is 5.75 Å². The van der Waals surface area contributed by atoms with Gasteiger partial charge in [-0.3, -0.25) is 25.2 Å². The Kier molecular flexibility index (Phi) is 8.04. The van der Waals surface area contributed by atoms with Gasteiger partial charge in [-0.2, -0.15) is 0 Å². The maximum Gasteiger partial charge on any atom is 0.269 e. The Labute approximate surface area is 182 Å². The van der Waals surface area contributed by atoms with Crippen molar-refractivity contribution in [1.29, 1.82) is 0 Å². The molecule has 0 radical (unpaired) electrons. The van der Waals surface area contributed by atoms with Crippen LogP contribution in [0.25, 0.3) is 0 Å². The molecule has 0 atom stereocenters. The SMILES string of the molecule is CCCOc1cccc(C(=O)NNC(=O)c2ccc(NC(=O)C3CCCCC3)cc2)c1. The van der Waals surface area contributed by atoms with Crippen molar-refractivity contribution < 1.29 is 19.1 Å². The molecule has 164 valence electrons. The van der Waals surface area contributed by atoms with Crippen LogP contribution < -0.4 is 20.9 Å². The summed E-state index contributed by atoms with van der Waals surface area (Å²) in [6.45, 7) is 2.57. The van der Waals surface area contributed by atoms with Gasteiger partial charge in [0.05, 0.1) is 6.61 Å². The summed E-state index contributed by atoms with van der Waals surface area (Å²) in [6.07, 6.45) is 6.12. The number of nitrogens with one attached hydrogen (secondary N) is 3. The molecule has 0 aromatic heterocycles. The molecule has 0 bridgehead atoms. The molecule has 3 rings (SSSR count). The zero-order chi connectivity index (χ0) is 22.1. The van der Waals surface area contributed by atoms with Gasteiger partial charge in [-0.1, -0.05) is 32.3 Å². The van der Waals surface area contributed by atoms with Crippen molar-refractivity contribution in [3.05, 3.63) is 59.7 Å². The summed E-state index contributed by atoms with van der Waals surface area (Å²) in [4.78, 5) is 37.0. The molecule has 3 N–H and O–H groups in total. The summed E-state index contributed by atoms with van der Waals surface area (Å²) in [7, 11) is 0. The minimum atomic E-state index is -0.447. The van der Waals surface area contributed by atoms with Crippen LogP contribution in [0.3, 0.4) is 0 Å². The second-order valence-electron chi connectivity index (χ2n) is 7.69. The van der Waals surface area contributed by atoms with Gasteiger partial charge in [0, 0.05) is 22.7 Å². The van der Waals surface area contributed by atoms with Crippen molar-refractivity contribution in [3.63, 3.8) is 0 Å². The van der Waals surface area contributed by atoms with Crippen LogP contribution in [-0.4, -0.2) is 24.3 Å². The second-order valence-corrected chi connectivity index (χ2v) is 7.69. The number of anilines is 1. The predicted octanol–water partition coefficient (Wildman–Crippen LogP) is 4.07. The molecule has 1 aliphatic rings. The summed E-state index contributed by atoms with van der Waals surface area (Å²) in [5.74, 6) is -0.178. The average molecular weight is 424 g/mol.